The monoisotopic (exact) mass is 503 g/mol. The molecule has 198 valence electrons. The van der Waals surface area contributed by atoms with E-state index in [9.17, 15) is 24.3 Å². The molecular weight excluding hydrogens is 458 g/mol. The zero-order valence-corrected chi connectivity index (χ0v) is 22.1. The van der Waals surface area contributed by atoms with E-state index < -0.39 is 47.9 Å². The molecule has 0 saturated heterocycles. The largest absolute Gasteiger partial charge is 0.480 e. The van der Waals surface area contributed by atoms with Gasteiger partial charge >= 0.3 is 5.97 Å². The van der Waals surface area contributed by atoms with Crippen LogP contribution in [0.25, 0.3) is 0 Å². The minimum Gasteiger partial charge on any atom is -0.480 e. The number of rotatable bonds is 18. The first-order valence-electron chi connectivity index (χ1n) is 12.1. The van der Waals surface area contributed by atoms with Crippen LogP contribution >= 0.6 is 11.8 Å². The third-order valence-corrected chi connectivity index (χ3v) is 6.80. The molecule has 0 saturated carbocycles. The van der Waals surface area contributed by atoms with Crippen LogP contribution in [0.2, 0.25) is 0 Å². The van der Waals surface area contributed by atoms with Gasteiger partial charge in [-0.1, -0.05) is 40.5 Å². The van der Waals surface area contributed by atoms with Gasteiger partial charge in [0, 0.05) is 0 Å². The number of amides is 3. The van der Waals surface area contributed by atoms with Gasteiger partial charge in [-0.2, -0.15) is 11.8 Å². The molecular formula is C23H45N5O5S. The summed E-state index contributed by atoms with van der Waals surface area (Å²) in [5.74, 6) is -2.27. The highest BCUT2D eigenvalue weighted by Gasteiger charge is 2.32. The van der Waals surface area contributed by atoms with Gasteiger partial charge < -0.3 is 32.5 Å². The lowest BCUT2D eigenvalue weighted by Gasteiger charge is -2.28. The van der Waals surface area contributed by atoms with Crippen molar-refractivity contribution >= 4 is 35.5 Å². The van der Waals surface area contributed by atoms with Gasteiger partial charge in [0.2, 0.25) is 17.7 Å². The molecule has 0 aromatic heterocycles. The van der Waals surface area contributed by atoms with Crippen LogP contribution < -0.4 is 27.4 Å². The van der Waals surface area contributed by atoms with Crippen LogP contribution in [0, 0.1) is 11.8 Å². The second kappa shape index (κ2) is 17.6. The molecule has 10 nitrogen and oxygen atoms in total. The van der Waals surface area contributed by atoms with Gasteiger partial charge in [-0.15, -0.1) is 0 Å². The molecule has 0 aliphatic heterocycles. The zero-order chi connectivity index (χ0) is 26.3. The summed E-state index contributed by atoms with van der Waals surface area (Å²) in [6.45, 7) is 7.94. The highest BCUT2D eigenvalue weighted by atomic mass is 32.2. The lowest BCUT2D eigenvalue weighted by Crippen LogP contribution is -2.59. The number of carbonyl (C=O) groups excluding carboxylic acids is 3. The van der Waals surface area contributed by atoms with Crippen molar-refractivity contribution < 1.29 is 24.3 Å². The molecule has 6 unspecified atom stereocenters. The van der Waals surface area contributed by atoms with Crippen molar-refractivity contribution in [3.05, 3.63) is 0 Å². The van der Waals surface area contributed by atoms with E-state index in [1.807, 2.05) is 34.0 Å². The average molecular weight is 504 g/mol. The number of thioether (sulfide) groups is 1. The van der Waals surface area contributed by atoms with Gasteiger partial charge in [-0.3, -0.25) is 14.4 Å². The summed E-state index contributed by atoms with van der Waals surface area (Å²) in [5, 5.41) is 17.5. The first kappa shape index (κ1) is 32.1. The first-order chi connectivity index (χ1) is 16.0. The lowest BCUT2D eigenvalue weighted by molar-refractivity contribution is -0.143. The highest BCUT2D eigenvalue weighted by Crippen LogP contribution is 2.12. The molecule has 0 radical (unpaired) electrons. The number of nitrogens with one attached hydrogen (secondary N) is 3. The van der Waals surface area contributed by atoms with Crippen LogP contribution in [0.1, 0.15) is 66.2 Å². The van der Waals surface area contributed by atoms with Crippen LogP contribution in [0.3, 0.4) is 0 Å². The van der Waals surface area contributed by atoms with Crippen LogP contribution in [0.15, 0.2) is 0 Å². The molecule has 34 heavy (non-hydrogen) atoms. The molecule has 0 aromatic rings. The molecule has 0 aliphatic carbocycles. The Bertz CT molecular complexity index is 651. The number of carboxylic acid groups (broad SMARTS) is 1. The van der Waals surface area contributed by atoms with Crippen LogP contribution in [0.4, 0.5) is 0 Å². The maximum absolute atomic E-state index is 13.1. The number of nitrogens with two attached hydrogens (primary N) is 2. The third-order valence-electron chi connectivity index (χ3n) is 6.16. The molecule has 0 fully saturated rings. The standard InChI is InChI=1S/C23H45N5O5S/c1-6-14(3)18(25)21(30)26-16(11-13-34-5)20(29)28-19(15(4)7-2)22(31)27-17(23(32)33)10-8-9-12-24/h14-19H,6-13,24-25H2,1-5H3,(H,26,30)(H,27,31)(H,28,29)(H,32,33). The van der Waals surface area contributed by atoms with Crippen molar-refractivity contribution in [2.75, 3.05) is 18.6 Å². The molecule has 6 atom stereocenters. The van der Waals surface area contributed by atoms with E-state index in [-0.39, 0.29) is 18.3 Å². The Morgan fingerprint density at radius 1 is 0.853 bits per heavy atom. The van der Waals surface area contributed by atoms with E-state index in [4.69, 9.17) is 11.5 Å². The fourth-order valence-electron chi connectivity index (χ4n) is 3.25. The van der Waals surface area contributed by atoms with Crippen LogP contribution in [-0.4, -0.2) is 71.5 Å². The Kier molecular flexibility index (Phi) is 16.6. The van der Waals surface area contributed by atoms with Crippen molar-refractivity contribution in [2.45, 2.75) is 90.4 Å². The average Bonchev–Trinajstić information content (AvgIpc) is 2.82. The van der Waals surface area contributed by atoms with Crippen molar-refractivity contribution in [2.24, 2.45) is 23.3 Å². The number of aliphatic carboxylic acids is 1. The minimum absolute atomic E-state index is 0.0462. The third kappa shape index (κ3) is 11.5. The predicted molar refractivity (Wildman–Crippen MR) is 136 cm³/mol. The minimum atomic E-state index is -1.14. The van der Waals surface area contributed by atoms with Gasteiger partial charge in [0.15, 0.2) is 0 Å². The predicted octanol–water partition coefficient (Wildman–Crippen LogP) is 0.827. The summed E-state index contributed by atoms with van der Waals surface area (Å²) in [5.41, 5.74) is 11.5. The summed E-state index contributed by atoms with van der Waals surface area (Å²) in [7, 11) is 0. The van der Waals surface area contributed by atoms with Crippen LogP contribution in [-0.2, 0) is 19.2 Å². The SMILES string of the molecule is CCC(C)C(N)C(=O)NC(CCSC)C(=O)NC(C(=O)NC(CCCCN)C(=O)O)C(C)CC. The number of carboxylic acids is 1. The maximum Gasteiger partial charge on any atom is 0.326 e. The van der Waals surface area contributed by atoms with E-state index in [2.05, 4.69) is 16.0 Å². The Labute approximate surface area is 208 Å². The Morgan fingerprint density at radius 2 is 1.44 bits per heavy atom. The molecule has 11 heteroatoms. The van der Waals surface area contributed by atoms with Crippen LogP contribution in [0.5, 0.6) is 0 Å². The van der Waals surface area contributed by atoms with Gasteiger partial charge in [-0.25, -0.2) is 4.79 Å². The molecule has 8 N–H and O–H groups in total. The van der Waals surface area contributed by atoms with E-state index in [1.165, 1.54) is 11.8 Å². The summed E-state index contributed by atoms with van der Waals surface area (Å²) >= 11 is 1.53. The molecule has 0 bridgehead atoms. The normalized spacial score (nSPS) is 16.4. The Balaban J connectivity index is 5.49. The molecule has 0 aliphatic rings. The molecule has 3 amide bonds. The molecule has 0 heterocycles. The van der Waals surface area contributed by atoms with Crippen molar-refractivity contribution in [3.8, 4) is 0 Å². The Hall–Kier alpha value is -1.85. The van der Waals surface area contributed by atoms with Gasteiger partial charge in [0.1, 0.15) is 18.1 Å². The van der Waals surface area contributed by atoms with E-state index in [1.54, 1.807) is 0 Å². The summed E-state index contributed by atoms with van der Waals surface area (Å²) in [4.78, 5) is 50.3. The smallest absolute Gasteiger partial charge is 0.326 e. The quantitative estimate of drug-likeness (QED) is 0.149. The number of unbranched alkanes of at least 4 members (excludes halogenated alkanes) is 1. The van der Waals surface area contributed by atoms with Gasteiger partial charge in [0.05, 0.1) is 6.04 Å². The fraction of sp³-hybridized carbons (Fsp3) is 0.826. The number of carbonyl (C=O) groups is 4. The fourth-order valence-corrected chi connectivity index (χ4v) is 3.72. The summed E-state index contributed by atoms with van der Waals surface area (Å²) in [6, 6.07) is -3.60. The lowest BCUT2D eigenvalue weighted by atomic mass is 9.96. The molecule has 0 spiro atoms. The van der Waals surface area contributed by atoms with Crippen molar-refractivity contribution in [1.82, 2.24) is 16.0 Å². The van der Waals surface area contributed by atoms with E-state index >= 15 is 0 Å². The molecule has 0 rings (SSSR count). The van der Waals surface area contributed by atoms with E-state index in [0.29, 0.717) is 38.0 Å². The van der Waals surface area contributed by atoms with Gasteiger partial charge in [0.25, 0.3) is 0 Å². The summed E-state index contributed by atoms with van der Waals surface area (Å²) < 4.78 is 0. The van der Waals surface area contributed by atoms with Crippen molar-refractivity contribution in [1.29, 1.82) is 0 Å². The first-order valence-corrected chi connectivity index (χ1v) is 13.5. The Morgan fingerprint density at radius 3 is 1.94 bits per heavy atom. The second-order valence-electron chi connectivity index (χ2n) is 8.81. The van der Waals surface area contributed by atoms with Gasteiger partial charge in [-0.05, 0) is 56.1 Å². The maximum atomic E-state index is 13.1. The number of hydrogen-bond acceptors (Lipinski definition) is 7. The number of hydrogen-bond donors (Lipinski definition) is 6. The zero-order valence-electron chi connectivity index (χ0n) is 21.3. The van der Waals surface area contributed by atoms with Crippen molar-refractivity contribution in [3.63, 3.8) is 0 Å². The molecule has 0 aromatic carbocycles. The summed E-state index contributed by atoms with van der Waals surface area (Å²) in [6.07, 6.45) is 5.05. The highest BCUT2D eigenvalue weighted by molar-refractivity contribution is 7.98. The topological polar surface area (TPSA) is 177 Å². The van der Waals surface area contributed by atoms with E-state index in [0.717, 1.165) is 6.42 Å². The second-order valence-corrected chi connectivity index (χ2v) is 9.80.